The first-order valence-electron chi connectivity index (χ1n) is 8.34. The van der Waals surface area contributed by atoms with Crippen molar-refractivity contribution in [3.05, 3.63) is 66.2 Å². The van der Waals surface area contributed by atoms with E-state index in [0.717, 1.165) is 11.3 Å². The molecule has 0 unspecified atom stereocenters. The third-order valence-corrected chi connectivity index (χ3v) is 3.93. The zero-order valence-electron chi connectivity index (χ0n) is 14.8. The molecule has 7 heteroatoms. The highest BCUT2D eigenvalue weighted by Gasteiger charge is 2.10. The molecule has 0 radical (unpaired) electrons. The molecule has 3 N–H and O–H groups in total. The Labute approximate surface area is 156 Å². The zero-order valence-corrected chi connectivity index (χ0v) is 14.8. The topological polar surface area (TPSA) is 107 Å². The van der Waals surface area contributed by atoms with E-state index in [1.165, 1.54) is 0 Å². The third-order valence-electron chi connectivity index (χ3n) is 3.93. The molecule has 0 spiro atoms. The molecular formula is C20H19N3O4. The quantitative estimate of drug-likeness (QED) is 0.669. The van der Waals surface area contributed by atoms with E-state index >= 15 is 0 Å². The minimum atomic E-state index is -0.511. The molecule has 0 saturated heterocycles. The Morgan fingerprint density at radius 3 is 2.67 bits per heavy atom. The van der Waals surface area contributed by atoms with Gasteiger partial charge in [0.25, 0.3) is 0 Å². The molecule has 138 valence electrons. The van der Waals surface area contributed by atoms with Gasteiger partial charge in [-0.25, -0.2) is 4.98 Å². The molecule has 0 aliphatic heterocycles. The number of hydrogen-bond acceptors (Lipinski definition) is 5. The number of benzene rings is 2. The Kier molecular flexibility index (Phi) is 5.51. The lowest BCUT2D eigenvalue weighted by Crippen LogP contribution is -2.13. The molecule has 1 heterocycles. The summed E-state index contributed by atoms with van der Waals surface area (Å²) < 4.78 is 10.9. The number of methoxy groups -OCH3 is 1. The Morgan fingerprint density at radius 2 is 1.96 bits per heavy atom. The largest absolute Gasteiger partial charge is 0.497 e. The van der Waals surface area contributed by atoms with E-state index in [4.69, 9.17) is 14.9 Å². The van der Waals surface area contributed by atoms with Crippen molar-refractivity contribution >= 4 is 17.5 Å². The highest BCUT2D eigenvalue weighted by molar-refractivity contribution is 5.94. The monoisotopic (exact) mass is 365 g/mol. The van der Waals surface area contributed by atoms with E-state index in [9.17, 15) is 9.59 Å². The Bertz CT molecular complexity index is 948. The first-order valence-corrected chi connectivity index (χ1v) is 8.34. The number of nitrogens with zero attached hydrogens (tertiary/aromatic N) is 1. The molecule has 1 aromatic heterocycles. The van der Waals surface area contributed by atoms with Crippen molar-refractivity contribution in [2.45, 2.75) is 12.8 Å². The van der Waals surface area contributed by atoms with Crippen molar-refractivity contribution in [2.24, 2.45) is 5.73 Å². The third kappa shape index (κ3) is 4.72. The molecule has 0 aliphatic carbocycles. The maximum atomic E-state index is 12.1. The van der Waals surface area contributed by atoms with Gasteiger partial charge in [-0.1, -0.05) is 12.1 Å². The van der Waals surface area contributed by atoms with Gasteiger partial charge in [0.1, 0.15) is 5.75 Å². The number of aryl methyl sites for hydroxylation is 1. The highest BCUT2D eigenvalue weighted by Crippen LogP contribution is 2.24. The van der Waals surface area contributed by atoms with Gasteiger partial charge in [0.2, 0.25) is 11.8 Å². The normalized spacial score (nSPS) is 10.4. The number of oxazole rings is 1. The van der Waals surface area contributed by atoms with Crippen molar-refractivity contribution < 1.29 is 18.7 Å². The van der Waals surface area contributed by atoms with Crippen LogP contribution in [0.1, 0.15) is 22.7 Å². The summed E-state index contributed by atoms with van der Waals surface area (Å²) in [5, 5.41) is 2.75. The number of ether oxygens (including phenoxy) is 1. The predicted octanol–water partition coefficient (Wildman–Crippen LogP) is 3.02. The van der Waals surface area contributed by atoms with Crippen LogP contribution in [0.3, 0.4) is 0 Å². The van der Waals surface area contributed by atoms with Gasteiger partial charge in [-0.3, -0.25) is 9.59 Å². The first kappa shape index (κ1) is 18.2. The van der Waals surface area contributed by atoms with Gasteiger partial charge in [-0.05, 0) is 36.4 Å². The summed E-state index contributed by atoms with van der Waals surface area (Å²) in [5.74, 6) is 1.14. The van der Waals surface area contributed by atoms with Crippen LogP contribution in [0.15, 0.2) is 59.1 Å². The van der Waals surface area contributed by atoms with Crippen LogP contribution in [-0.2, 0) is 11.2 Å². The van der Waals surface area contributed by atoms with Crippen molar-refractivity contribution in [2.75, 3.05) is 12.4 Å². The number of primary amides is 1. The van der Waals surface area contributed by atoms with Gasteiger partial charge in [0.15, 0.2) is 11.7 Å². The maximum Gasteiger partial charge on any atom is 0.248 e. The molecule has 0 saturated carbocycles. The lowest BCUT2D eigenvalue weighted by atomic mass is 10.2. The number of carbonyl (C=O) groups excluding carboxylic acids is 2. The summed E-state index contributed by atoms with van der Waals surface area (Å²) in [4.78, 5) is 27.3. The number of nitrogens with one attached hydrogen (secondary N) is 1. The maximum absolute atomic E-state index is 12.1. The summed E-state index contributed by atoms with van der Waals surface area (Å²) in [6.45, 7) is 0. The minimum absolute atomic E-state index is 0.178. The molecule has 3 aromatic rings. The average molecular weight is 365 g/mol. The lowest BCUT2D eigenvalue weighted by molar-refractivity contribution is -0.116. The Morgan fingerprint density at radius 1 is 1.19 bits per heavy atom. The molecule has 0 fully saturated rings. The second kappa shape index (κ2) is 8.18. The standard InChI is InChI=1S/C20H19N3O4/c1-26-16-4-2-3-14(11-16)17-12-22-19(27-17)10-9-18(24)23-15-7-5-13(6-8-15)20(21)25/h2-8,11-12H,9-10H2,1H3,(H2,21,25)(H,23,24). The Hall–Kier alpha value is -3.61. The summed E-state index contributed by atoms with van der Waals surface area (Å²) in [7, 11) is 1.60. The van der Waals surface area contributed by atoms with E-state index in [1.54, 1.807) is 37.6 Å². The molecular weight excluding hydrogens is 346 g/mol. The van der Waals surface area contributed by atoms with Gasteiger partial charge in [0.05, 0.1) is 13.3 Å². The summed E-state index contributed by atoms with van der Waals surface area (Å²) in [6.07, 6.45) is 2.22. The van der Waals surface area contributed by atoms with E-state index in [2.05, 4.69) is 10.3 Å². The SMILES string of the molecule is COc1cccc(-c2cnc(CCC(=O)Nc3ccc(C(N)=O)cc3)o2)c1. The fraction of sp³-hybridized carbons (Fsp3) is 0.150. The predicted molar refractivity (Wildman–Crippen MR) is 100 cm³/mol. The number of anilines is 1. The van der Waals surface area contributed by atoms with Crippen molar-refractivity contribution in [1.82, 2.24) is 4.98 Å². The molecule has 2 amide bonds. The van der Waals surface area contributed by atoms with Crippen LogP contribution in [0, 0.1) is 0 Å². The van der Waals surface area contributed by atoms with Crippen molar-refractivity contribution in [1.29, 1.82) is 0 Å². The average Bonchev–Trinajstić information content (AvgIpc) is 3.16. The van der Waals surface area contributed by atoms with Gasteiger partial charge in [0, 0.05) is 29.7 Å². The first-order chi connectivity index (χ1) is 13.0. The molecule has 0 atom stereocenters. The molecule has 0 bridgehead atoms. The summed E-state index contributed by atoms with van der Waals surface area (Å²) in [5.41, 5.74) is 7.02. The number of hydrogen-bond donors (Lipinski definition) is 2. The Balaban J connectivity index is 1.56. The van der Waals surface area contributed by atoms with Gasteiger partial charge in [-0.2, -0.15) is 0 Å². The van der Waals surface area contributed by atoms with Crippen molar-refractivity contribution in [3.8, 4) is 17.1 Å². The van der Waals surface area contributed by atoms with Gasteiger partial charge >= 0.3 is 0 Å². The van der Waals surface area contributed by atoms with Crippen LogP contribution >= 0.6 is 0 Å². The lowest BCUT2D eigenvalue weighted by Gasteiger charge is -2.05. The highest BCUT2D eigenvalue weighted by atomic mass is 16.5. The number of nitrogens with two attached hydrogens (primary N) is 1. The fourth-order valence-corrected chi connectivity index (χ4v) is 2.50. The molecule has 27 heavy (non-hydrogen) atoms. The summed E-state index contributed by atoms with van der Waals surface area (Å²) in [6, 6.07) is 13.9. The van der Waals surface area contributed by atoms with Gasteiger partial charge in [-0.15, -0.1) is 0 Å². The second-order valence-corrected chi connectivity index (χ2v) is 5.84. The molecule has 2 aromatic carbocycles. The zero-order chi connectivity index (χ0) is 19.2. The number of aromatic nitrogens is 1. The van der Waals surface area contributed by atoms with Gasteiger partial charge < -0.3 is 20.2 Å². The fourth-order valence-electron chi connectivity index (χ4n) is 2.50. The van der Waals surface area contributed by atoms with E-state index in [1.807, 2.05) is 24.3 Å². The summed E-state index contributed by atoms with van der Waals surface area (Å²) >= 11 is 0. The van der Waals surface area contributed by atoms with Crippen LogP contribution in [0.25, 0.3) is 11.3 Å². The number of rotatable bonds is 7. The number of carbonyl (C=O) groups is 2. The minimum Gasteiger partial charge on any atom is -0.497 e. The number of amides is 2. The van der Waals surface area contributed by atoms with Crippen molar-refractivity contribution in [3.63, 3.8) is 0 Å². The van der Waals surface area contributed by atoms with E-state index in [0.29, 0.717) is 29.3 Å². The molecule has 0 aliphatic rings. The van der Waals surface area contributed by atoms with Crippen LogP contribution < -0.4 is 15.8 Å². The van der Waals surface area contributed by atoms with E-state index < -0.39 is 5.91 Å². The van der Waals surface area contributed by atoms with Crippen LogP contribution in [-0.4, -0.2) is 23.9 Å². The van der Waals surface area contributed by atoms with Crippen LogP contribution in [0.2, 0.25) is 0 Å². The molecule has 7 nitrogen and oxygen atoms in total. The molecule has 3 rings (SSSR count). The smallest absolute Gasteiger partial charge is 0.248 e. The second-order valence-electron chi connectivity index (χ2n) is 5.84. The van der Waals surface area contributed by atoms with Crippen LogP contribution in [0.4, 0.5) is 5.69 Å². The van der Waals surface area contributed by atoms with Crippen LogP contribution in [0.5, 0.6) is 5.75 Å². The van der Waals surface area contributed by atoms with E-state index in [-0.39, 0.29) is 12.3 Å².